The van der Waals surface area contributed by atoms with Crippen LogP contribution in [0.3, 0.4) is 0 Å². The summed E-state index contributed by atoms with van der Waals surface area (Å²) >= 11 is 1.55. The molecule has 0 fully saturated rings. The van der Waals surface area contributed by atoms with Crippen molar-refractivity contribution in [1.29, 1.82) is 0 Å². The van der Waals surface area contributed by atoms with Gasteiger partial charge in [-0.15, -0.1) is 5.10 Å². The van der Waals surface area contributed by atoms with Gasteiger partial charge in [0.1, 0.15) is 6.04 Å². The van der Waals surface area contributed by atoms with E-state index < -0.39 is 11.0 Å². The molecule has 0 saturated carbocycles. The molecule has 2 aromatic carbocycles. The molecule has 3 aromatic rings. The summed E-state index contributed by atoms with van der Waals surface area (Å²) in [4.78, 5) is 29.3. The van der Waals surface area contributed by atoms with Crippen molar-refractivity contribution in [3.63, 3.8) is 0 Å². The third-order valence-electron chi connectivity index (χ3n) is 6.06. The number of hydrogen-bond donors (Lipinski definition) is 2. The van der Waals surface area contributed by atoms with Gasteiger partial charge < -0.3 is 10.6 Å². The molecule has 10 heteroatoms. The number of amides is 1. The number of hydrogen-bond acceptors (Lipinski definition) is 7. The van der Waals surface area contributed by atoms with Gasteiger partial charge in [-0.1, -0.05) is 49.4 Å². The van der Waals surface area contributed by atoms with Crippen LogP contribution in [0, 0.1) is 24.0 Å². The number of unbranched alkanes of at least 4 members (excludes halogenated alkanes) is 1. The van der Waals surface area contributed by atoms with E-state index in [0.717, 1.165) is 29.7 Å². The molecule has 0 spiro atoms. The quantitative estimate of drug-likeness (QED) is 0.181. The molecule has 1 aromatic heterocycles. The predicted octanol–water partition coefficient (Wildman–Crippen LogP) is 5.62. The molecule has 1 aliphatic rings. The Morgan fingerprint density at radius 2 is 2.00 bits per heavy atom. The lowest BCUT2D eigenvalue weighted by Gasteiger charge is -2.28. The van der Waals surface area contributed by atoms with Gasteiger partial charge in [-0.3, -0.25) is 14.9 Å². The van der Waals surface area contributed by atoms with Crippen molar-refractivity contribution >= 4 is 35.0 Å². The van der Waals surface area contributed by atoms with Crippen molar-refractivity contribution in [3.8, 4) is 0 Å². The minimum absolute atomic E-state index is 0.0489. The number of nitro groups is 1. The van der Waals surface area contributed by atoms with Crippen LogP contribution in [0.15, 0.2) is 58.9 Å². The topological polar surface area (TPSA) is 115 Å². The molecule has 9 nitrogen and oxygen atoms in total. The Morgan fingerprint density at radius 3 is 2.74 bits per heavy atom. The molecule has 2 heterocycles. The number of rotatable bonds is 8. The monoisotopic (exact) mass is 492 g/mol. The second kappa shape index (κ2) is 10.3. The summed E-state index contributed by atoms with van der Waals surface area (Å²) < 4.78 is 1.65. The van der Waals surface area contributed by atoms with Crippen LogP contribution < -0.4 is 10.6 Å². The maximum absolute atomic E-state index is 13.7. The second-order valence-electron chi connectivity index (χ2n) is 8.48. The van der Waals surface area contributed by atoms with E-state index in [9.17, 15) is 14.9 Å². The summed E-state index contributed by atoms with van der Waals surface area (Å²) in [5, 5.41) is 23.0. The van der Waals surface area contributed by atoms with E-state index in [1.807, 2.05) is 39.0 Å². The number of carbonyl (C=O) groups is 1. The highest BCUT2D eigenvalue weighted by atomic mass is 32.2. The lowest BCUT2D eigenvalue weighted by Crippen LogP contribution is -2.31. The smallest absolute Gasteiger partial charge is 0.269 e. The minimum Gasteiger partial charge on any atom is -0.328 e. The van der Waals surface area contributed by atoms with Crippen molar-refractivity contribution in [1.82, 2.24) is 14.8 Å². The molecule has 1 amide bonds. The van der Waals surface area contributed by atoms with E-state index in [0.29, 0.717) is 33.6 Å². The molecule has 0 aliphatic carbocycles. The van der Waals surface area contributed by atoms with Crippen molar-refractivity contribution in [2.45, 2.75) is 51.7 Å². The molecule has 4 rings (SSSR count). The van der Waals surface area contributed by atoms with Crippen LogP contribution in [0.5, 0.6) is 0 Å². The zero-order valence-corrected chi connectivity index (χ0v) is 21.0. The van der Waals surface area contributed by atoms with Crippen LogP contribution in [0.25, 0.3) is 0 Å². The molecule has 1 atom stereocenters. The number of aromatic nitrogens is 3. The first-order valence-corrected chi connectivity index (χ1v) is 12.5. The van der Waals surface area contributed by atoms with E-state index in [-0.39, 0.29) is 11.6 Å². The third-order valence-corrected chi connectivity index (χ3v) is 6.98. The first-order chi connectivity index (χ1) is 16.8. The molecule has 35 heavy (non-hydrogen) atoms. The summed E-state index contributed by atoms with van der Waals surface area (Å²) in [5.41, 5.74) is 4.34. The SMILES string of the molecule is CCCCSc1nc2n(n1)C(c1cccc([N+](=O)[O-])c1)C(C(=O)Nc1cccc(C)c1C)=C(C)N2. The highest BCUT2D eigenvalue weighted by Crippen LogP contribution is 2.38. The number of carbonyl (C=O) groups excluding carboxylic acids is 1. The van der Waals surface area contributed by atoms with E-state index in [4.69, 9.17) is 0 Å². The van der Waals surface area contributed by atoms with Crippen LogP contribution in [-0.2, 0) is 4.79 Å². The fourth-order valence-corrected chi connectivity index (χ4v) is 4.90. The van der Waals surface area contributed by atoms with Crippen molar-refractivity contribution in [3.05, 3.63) is 80.5 Å². The summed E-state index contributed by atoms with van der Waals surface area (Å²) in [7, 11) is 0. The van der Waals surface area contributed by atoms with Gasteiger partial charge in [-0.25, -0.2) is 4.68 Å². The molecular formula is C25H28N6O3S. The lowest BCUT2D eigenvalue weighted by molar-refractivity contribution is -0.384. The highest BCUT2D eigenvalue weighted by molar-refractivity contribution is 7.99. The Balaban J connectivity index is 1.78. The highest BCUT2D eigenvalue weighted by Gasteiger charge is 2.35. The average Bonchev–Trinajstić information content (AvgIpc) is 3.23. The summed E-state index contributed by atoms with van der Waals surface area (Å²) in [5.74, 6) is 1.08. The number of nitrogens with one attached hydrogen (secondary N) is 2. The standard InChI is InChI=1S/C25H28N6O3S/c1-5-6-13-35-25-28-24-26-17(4)21(23(32)27-20-12-7-9-15(2)16(20)3)22(30(24)29-25)18-10-8-11-19(14-18)31(33)34/h7-12,14,22H,5-6,13H2,1-4H3,(H,27,32)(H,26,28,29). The lowest BCUT2D eigenvalue weighted by atomic mass is 9.94. The Labute approximate surface area is 208 Å². The summed E-state index contributed by atoms with van der Waals surface area (Å²) in [6, 6.07) is 11.4. The van der Waals surface area contributed by atoms with Crippen molar-refractivity contribution in [2.24, 2.45) is 0 Å². The van der Waals surface area contributed by atoms with Crippen molar-refractivity contribution in [2.75, 3.05) is 16.4 Å². The number of nitro benzene ring substituents is 1. The summed E-state index contributed by atoms with van der Waals surface area (Å²) in [6.07, 6.45) is 2.11. The number of fused-ring (bicyclic) bond motifs is 1. The average molecular weight is 493 g/mol. The molecule has 0 radical (unpaired) electrons. The van der Waals surface area contributed by atoms with Gasteiger partial charge >= 0.3 is 0 Å². The van der Waals surface area contributed by atoms with Crippen molar-refractivity contribution < 1.29 is 9.72 Å². The molecular weight excluding hydrogens is 464 g/mol. The van der Waals surface area contributed by atoms with Crippen LogP contribution in [0.1, 0.15) is 49.4 Å². The first-order valence-electron chi connectivity index (χ1n) is 11.5. The zero-order valence-electron chi connectivity index (χ0n) is 20.2. The largest absolute Gasteiger partial charge is 0.328 e. The predicted molar refractivity (Wildman–Crippen MR) is 138 cm³/mol. The second-order valence-corrected chi connectivity index (χ2v) is 9.55. The van der Waals surface area contributed by atoms with E-state index >= 15 is 0 Å². The number of aryl methyl sites for hydroxylation is 1. The Morgan fingerprint density at radius 1 is 1.23 bits per heavy atom. The number of nitrogens with zero attached hydrogens (tertiary/aromatic N) is 4. The van der Waals surface area contributed by atoms with E-state index in [1.165, 1.54) is 12.1 Å². The molecule has 0 saturated heterocycles. The van der Waals surface area contributed by atoms with Crippen LogP contribution in [0.2, 0.25) is 0 Å². The molecule has 0 bridgehead atoms. The fraction of sp³-hybridized carbons (Fsp3) is 0.320. The first kappa shape index (κ1) is 24.5. The van der Waals surface area contributed by atoms with E-state index in [2.05, 4.69) is 27.6 Å². The van der Waals surface area contributed by atoms with Gasteiger partial charge in [0.15, 0.2) is 0 Å². The maximum Gasteiger partial charge on any atom is 0.269 e. The van der Waals surface area contributed by atoms with Gasteiger partial charge in [0, 0.05) is 29.3 Å². The molecule has 1 aliphatic heterocycles. The number of thioether (sulfide) groups is 1. The molecule has 2 N–H and O–H groups in total. The number of anilines is 2. The van der Waals surface area contributed by atoms with Crippen LogP contribution >= 0.6 is 11.8 Å². The summed E-state index contributed by atoms with van der Waals surface area (Å²) in [6.45, 7) is 7.88. The number of benzene rings is 2. The minimum atomic E-state index is -0.677. The zero-order chi connectivity index (χ0) is 25.1. The molecule has 182 valence electrons. The van der Waals surface area contributed by atoms with E-state index in [1.54, 1.807) is 28.6 Å². The van der Waals surface area contributed by atoms with Gasteiger partial charge in [0.25, 0.3) is 11.6 Å². The Hall–Kier alpha value is -3.66. The van der Waals surface area contributed by atoms with Crippen LogP contribution in [-0.4, -0.2) is 31.3 Å². The number of non-ortho nitro benzene ring substituents is 1. The normalized spacial score (nSPS) is 14.9. The van der Waals surface area contributed by atoms with Gasteiger partial charge in [0.2, 0.25) is 11.1 Å². The Bertz CT molecular complexity index is 1320. The Kier molecular flexibility index (Phi) is 7.20. The van der Waals surface area contributed by atoms with Crippen LogP contribution in [0.4, 0.5) is 17.3 Å². The van der Waals surface area contributed by atoms with Gasteiger partial charge in [-0.2, -0.15) is 4.98 Å². The van der Waals surface area contributed by atoms with Gasteiger partial charge in [-0.05, 0) is 49.9 Å². The fourth-order valence-electron chi connectivity index (χ4n) is 3.99. The number of allylic oxidation sites excluding steroid dienone is 1. The molecule has 1 unspecified atom stereocenters. The van der Waals surface area contributed by atoms with Gasteiger partial charge in [0.05, 0.1) is 10.5 Å². The maximum atomic E-state index is 13.7. The third kappa shape index (κ3) is 5.07.